The lowest BCUT2D eigenvalue weighted by Crippen LogP contribution is -2.31. The van der Waals surface area contributed by atoms with Gasteiger partial charge in [-0.2, -0.15) is 0 Å². The van der Waals surface area contributed by atoms with Gasteiger partial charge in [-0.3, -0.25) is 0 Å². The van der Waals surface area contributed by atoms with Crippen LogP contribution in [-0.4, -0.2) is 30.2 Å². The Morgan fingerprint density at radius 1 is 1.47 bits per heavy atom. The van der Waals surface area contributed by atoms with Crippen LogP contribution in [0.25, 0.3) is 0 Å². The molecule has 0 aliphatic heterocycles. The molecule has 0 aliphatic carbocycles. The van der Waals surface area contributed by atoms with Crippen LogP contribution in [0.5, 0.6) is 0 Å². The van der Waals surface area contributed by atoms with E-state index >= 15 is 0 Å². The molecular weight excluding hydrogens is 202 g/mol. The van der Waals surface area contributed by atoms with E-state index in [1.807, 2.05) is 0 Å². The molecule has 0 unspecified atom stereocenters. The number of hydrogen-bond donors (Lipinski definition) is 2. The first kappa shape index (κ1) is 11.7. The first-order valence-electron chi connectivity index (χ1n) is 4.22. The molecule has 0 aromatic heterocycles. The van der Waals surface area contributed by atoms with Crippen molar-refractivity contribution in [3.8, 4) is 0 Å². The Bertz CT molecular complexity index is 392. The highest BCUT2D eigenvalue weighted by Gasteiger charge is 2.19. The molecule has 0 spiro atoms. The lowest BCUT2D eigenvalue weighted by molar-refractivity contribution is 0.0599. The Morgan fingerprint density at radius 3 is 2.53 bits per heavy atom. The molecule has 0 atom stereocenters. The molecule has 1 rings (SSSR count). The number of rotatable bonds is 2. The zero-order valence-electron chi connectivity index (χ0n) is 8.32. The van der Waals surface area contributed by atoms with Crippen molar-refractivity contribution in [2.24, 2.45) is 0 Å². The second kappa shape index (κ2) is 4.42. The van der Waals surface area contributed by atoms with Crippen LogP contribution in [0.2, 0.25) is 0 Å². The SMILES string of the molecule is COC(=O)c1cc(B(O)O)cc(F)c1C. The first-order valence-corrected chi connectivity index (χ1v) is 4.22. The van der Waals surface area contributed by atoms with Crippen molar-refractivity contribution in [2.75, 3.05) is 7.11 Å². The third-order valence-corrected chi connectivity index (χ3v) is 2.07. The molecule has 0 fully saturated rings. The van der Waals surface area contributed by atoms with Gasteiger partial charge in [0.05, 0.1) is 12.7 Å². The summed E-state index contributed by atoms with van der Waals surface area (Å²) in [7, 11) is -0.648. The number of carbonyl (C=O) groups excluding carboxylic acids is 1. The Hall–Kier alpha value is -1.40. The van der Waals surface area contributed by atoms with E-state index in [1.54, 1.807) is 0 Å². The van der Waals surface area contributed by atoms with E-state index in [4.69, 9.17) is 10.0 Å². The maximum atomic E-state index is 13.3. The molecule has 0 aliphatic rings. The van der Waals surface area contributed by atoms with E-state index in [9.17, 15) is 9.18 Å². The van der Waals surface area contributed by atoms with Crippen molar-refractivity contribution < 1.29 is 24.0 Å². The molecule has 0 heterocycles. The minimum absolute atomic E-state index is 0.0133. The van der Waals surface area contributed by atoms with E-state index < -0.39 is 18.9 Å². The van der Waals surface area contributed by atoms with Crippen LogP contribution in [0.15, 0.2) is 12.1 Å². The van der Waals surface area contributed by atoms with E-state index in [1.165, 1.54) is 20.1 Å². The van der Waals surface area contributed by atoms with Crippen molar-refractivity contribution in [1.82, 2.24) is 0 Å². The summed E-state index contributed by atoms with van der Waals surface area (Å²) in [5.74, 6) is -1.39. The van der Waals surface area contributed by atoms with Crippen LogP contribution in [-0.2, 0) is 4.74 Å². The second-order valence-corrected chi connectivity index (χ2v) is 3.04. The molecule has 0 saturated heterocycles. The average molecular weight is 212 g/mol. The van der Waals surface area contributed by atoms with E-state index in [0.717, 1.165) is 6.07 Å². The normalized spacial score (nSPS) is 9.93. The zero-order chi connectivity index (χ0) is 11.6. The average Bonchev–Trinajstić information content (AvgIpc) is 2.20. The third kappa shape index (κ3) is 2.34. The van der Waals surface area contributed by atoms with E-state index in [2.05, 4.69) is 4.74 Å². The summed E-state index contributed by atoms with van der Waals surface area (Å²) in [6, 6.07) is 2.15. The summed E-state index contributed by atoms with van der Waals surface area (Å²) in [6.45, 7) is 1.41. The topological polar surface area (TPSA) is 66.8 Å². The van der Waals surface area contributed by atoms with Gasteiger partial charge in [-0.15, -0.1) is 0 Å². The molecule has 6 heteroatoms. The van der Waals surface area contributed by atoms with Crippen LogP contribution in [0.4, 0.5) is 4.39 Å². The molecule has 15 heavy (non-hydrogen) atoms. The number of carbonyl (C=O) groups is 1. The Labute approximate surface area is 86.4 Å². The standard InChI is InChI=1S/C9H10BFO4/c1-5-7(9(12)15-2)3-6(10(13)14)4-8(5)11/h3-4,13-14H,1-2H3. The van der Waals surface area contributed by atoms with Crippen molar-refractivity contribution in [2.45, 2.75) is 6.92 Å². The fraction of sp³-hybridized carbons (Fsp3) is 0.222. The van der Waals surface area contributed by atoms with Crippen LogP contribution >= 0.6 is 0 Å². The van der Waals surface area contributed by atoms with Crippen LogP contribution in [0.1, 0.15) is 15.9 Å². The van der Waals surface area contributed by atoms with Gasteiger partial charge in [-0.25, -0.2) is 9.18 Å². The van der Waals surface area contributed by atoms with Gasteiger partial charge in [0.25, 0.3) is 0 Å². The summed E-state index contributed by atoms with van der Waals surface area (Å²) in [4.78, 5) is 11.2. The van der Waals surface area contributed by atoms with E-state index in [-0.39, 0.29) is 16.6 Å². The predicted molar refractivity (Wildman–Crippen MR) is 52.3 cm³/mol. The molecule has 1 aromatic rings. The van der Waals surface area contributed by atoms with Crippen molar-refractivity contribution in [1.29, 1.82) is 0 Å². The summed E-state index contributed by atoms with van der Waals surface area (Å²) in [6.07, 6.45) is 0. The molecule has 0 radical (unpaired) electrons. The smallest absolute Gasteiger partial charge is 0.465 e. The van der Waals surface area contributed by atoms with Crippen LogP contribution in [0, 0.1) is 12.7 Å². The van der Waals surface area contributed by atoms with Gasteiger partial charge in [-0.1, -0.05) is 0 Å². The van der Waals surface area contributed by atoms with E-state index in [0.29, 0.717) is 0 Å². The minimum Gasteiger partial charge on any atom is -0.465 e. The van der Waals surface area contributed by atoms with Crippen molar-refractivity contribution in [3.05, 3.63) is 29.1 Å². The molecule has 2 N–H and O–H groups in total. The lowest BCUT2D eigenvalue weighted by Gasteiger charge is -2.07. The molecule has 0 bridgehead atoms. The molecule has 4 nitrogen and oxygen atoms in total. The highest BCUT2D eigenvalue weighted by atomic mass is 19.1. The van der Waals surface area contributed by atoms with Gasteiger partial charge in [-0.05, 0) is 30.1 Å². The highest BCUT2D eigenvalue weighted by molar-refractivity contribution is 6.58. The Balaban J connectivity index is 3.31. The van der Waals surface area contributed by atoms with Gasteiger partial charge >= 0.3 is 13.1 Å². The minimum atomic E-state index is -1.82. The number of ether oxygens (including phenoxy) is 1. The lowest BCUT2D eigenvalue weighted by atomic mass is 9.79. The van der Waals surface area contributed by atoms with Gasteiger partial charge in [0.2, 0.25) is 0 Å². The maximum absolute atomic E-state index is 13.3. The van der Waals surface area contributed by atoms with Crippen molar-refractivity contribution >= 4 is 18.6 Å². The van der Waals surface area contributed by atoms with Crippen molar-refractivity contribution in [3.63, 3.8) is 0 Å². The highest BCUT2D eigenvalue weighted by Crippen LogP contribution is 2.12. The maximum Gasteiger partial charge on any atom is 0.488 e. The quantitative estimate of drug-likeness (QED) is 0.517. The fourth-order valence-electron chi connectivity index (χ4n) is 1.17. The molecular formula is C9H10BFO4. The predicted octanol–water partition coefficient (Wildman–Crippen LogP) is -0.399. The monoisotopic (exact) mass is 212 g/mol. The summed E-state index contributed by atoms with van der Waals surface area (Å²) in [5, 5.41) is 17.7. The Kier molecular flexibility index (Phi) is 3.44. The number of esters is 1. The number of methoxy groups -OCH3 is 1. The fourth-order valence-corrected chi connectivity index (χ4v) is 1.17. The zero-order valence-corrected chi connectivity index (χ0v) is 8.32. The number of hydrogen-bond acceptors (Lipinski definition) is 4. The summed E-state index contributed by atoms with van der Waals surface area (Å²) in [5.41, 5.74) is 0.0188. The van der Waals surface area contributed by atoms with Crippen LogP contribution in [0.3, 0.4) is 0 Å². The van der Waals surface area contributed by atoms with Gasteiger partial charge in [0.15, 0.2) is 0 Å². The largest absolute Gasteiger partial charge is 0.488 e. The second-order valence-electron chi connectivity index (χ2n) is 3.04. The number of halogens is 1. The Morgan fingerprint density at radius 2 is 2.07 bits per heavy atom. The molecule has 80 valence electrons. The van der Waals surface area contributed by atoms with Gasteiger partial charge in [0.1, 0.15) is 5.82 Å². The molecule has 0 saturated carbocycles. The molecule has 1 aromatic carbocycles. The molecule has 0 amide bonds. The van der Waals surface area contributed by atoms with Gasteiger partial charge < -0.3 is 14.8 Å². The van der Waals surface area contributed by atoms with Crippen LogP contribution < -0.4 is 5.46 Å². The van der Waals surface area contributed by atoms with Gasteiger partial charge in [0, 0.05) is 0 Å². The first-order chi connectivity index (χ1) is 6.97. The summed E-state index contributed by atoms with van der Waals surface area (Å²) >= 11 is 0. The number of benzene rings is 1. The third-order valence-electron chi connectivity index (χ3n) is 2.07. The summed E-state index contributed by atoms with van der Waals surface area (Å²) < 4.78 is 17.7.